The third kappa shape index (κ3) is 5.14. The molecule has 4 rings (SSSR count). The fourth-order valence-corrected chi connectivity index (χ4v) is 3.86. The van der Waals surface area contributed by atoms with Crippen molar-refractivity contribution >= 4 is 32.9 Å². The van der Waals surface area contributed by atoms with Gasteiger partial charge in [-0.15, -0.1) is 0 Å². The topological polar surface area (TPSA) is 53.4 Å². The maximum absolute atomic E-state index is 11.5. The molecule has 0 aliphatic carbocycles. The standard InChI is InChI=1S/C25H23BrN2O3/c1-30-25(29)19-9-12-21(13-10-19)31-15-5-8-24-27-22-16-20(26)11-14-23(22)28(24)17-18-6-3-2-4-7-18/h2-4,6-7,9-14,16H,5,8,15,17H2,1H3. The molecule has 1 heterocycles. The number of hydrogen-bond acceptors (Lipinski definition) is 4. The van der Waals surface area contributed by atoms with Crippen molar-refractivity contribution < 1.29 is 14.3 Å². The van der Waals surface area contributed by atoms with Crippen LogP contribution >= 0.6 is 15.9 Å². The SMILES string of the molecule is COC(=O)c1ccc(OCCCc2nc3cc(Br)ccc3n2Cc2ccccc2)cc1. The van der Waals surface area contributed by atoms with Gasteiger partial charge in [0.2, 0.25) is 0 Å². The van der Waals surface area contributed by atoms with E-state index in [2.05, 4.69) is 63.0 Å². The Morgan fingerprint density at radius 1 is 1.03 bits per heavy atom. The number of hydrogen-bond donors (Lipinski definition) is 0. The molecule has 1 aromatic heterocycles. The van der Waals surface area contributed by atoms with Gasteiger partial charge in [0.25, 0.3) is 0 Å². The lowest BCUT2D eigenvalue weighted by atomic mass is 10.2. The van der Waals surface area contributed by atoms with Crippen LogP contribution in [0.15, 0.2) is 77.3 Å². The van der Waals surface area contributed by atoms with E-state index < -0.39 is 0 Å². The molecule has 31 heavy (non-hydrogen) atoms. The zero-order chi connectivity index (χ0) is 21.6. The molecule has 0 spiro atoms. The van der Waals surface area contributed by atoms with Gasteiger partial charge in [-0.1, -0.05) is 46.3 Å². The summed E-state index contributed by atoms with van der Waals surface area (Å²) in [6, 6.07) is 23.6. The van der Waals surface area contributed by atoms with Crippen LogP contribution in [0.1, 0.15) is 28.2 Å². The number of fused-ring (bicyclic) bond motifs is 1. The molecule has 0 aliphatic rings. The summed E-state index contributed by atoms with van der Waals surface area (Å²) < 4.78 is 13.9. The van der Waals surface area contributed by atoms with Gasteiger partial charge in [-0.3, -0.25) is 0 Å². The molecular weight excluding hydrogens is 456 g/mol. The van der Waals surface area contributed by atoms with Crippen LogP contribution in [-0.4, -0.2) is 29.2 Å². The van der Waals surface area contributed by atoms with E-state index in [0.717, 1.165) is 46.5 Å². The van der Waals surface area contributed by atoms with Gasteiger partial charge in [0, 0.05) is 17.4 Å². The fraction of sp³-hybridized carbons (Fsp3) is 0.200. The second-order valence-electron chi connectivity index (χ2n) is 7.20. The first-order valence-electron chi connectivity index (χ1n) is 10.1. The lowest BCUT2D eigenvalue weighted by Gasteiger charge is -2.10. The molecular formula is C25H23BrN2O3. The van der Waals surface area contributed by atoms with E-state index in [4.69, 9.17) is 14.5 Å². The Labute approximate surface area is 189 Å². The molecule has 158 valence electrons. The summed E-state index contributed by atoms with van der Waals surface area (Å²) in [5, 5.41) is 0. The number of halogens is 1. The highest BCUT2D eigenvalue weighted by molar-refractivity contribution is 9.10. The Bertz CT molecular complexity index is 1170. The Morgan fingerprint density at radius 2 is 1.81 bits per heavy atom. The van der Waals surface area contributed by atoms with Crippen molar-refractivity contribution in [1.82, 2.24) is 9.55 Å². The van der Waals surface area contributed by atoms with E-state index in [1.54, 1.807) is 24.3 Å². The van der Waals surface area contributed by atoms with Gasteiger partial charge in [0.05, 0.1) is 30.3 Å². The number of aromatic nitrogens is 2. The molecule has 4 aromatic rings. The third-order valence-corrected chi connectivity index (χ3v) is 5.55. The molecule has 0 fully saturated rings. The van der Waals surface area contributed by atoms with E-state index in [1.165, 1.54) is 12.7 Å². The van der Waals surface area contributed by atoms with Crippen molar-refractivity contribution in [2.45, 2.75) is 19.4 Å². The van der Waals surface area contributed by atoms with Crippen molar-refractivity contribution in [3.05, 3.63) is 94.2 Å². The van der Waals surface area contributed by atoms with Crippen LogP contribution < -0.4 is 4.74 Å². The van der Waals surface area contributed by atoms with Gasteiger partial charge >= 0.3 is 5.97 Å². The summed E-state index contributed by atoms with van der Waals surface area (Å²) in [4.78, 5) is 16.4. The zero-order valence-corrected chi connectivity index (χ0v) is 18.8. The average Bonchev–Trinajstić information content (AvgIpc) is 3.13. The van der Waals surface area contributed by atoms with Crippen LogP contribution in [0, 0.1) is 0 Å². The van der Waals surface area contributed by atoms with E-state index in [0.29, 0.717) is 12.2 Å². The van der Waals surface area contributed by atoms with E-state index in [1.807, 2.05) is 6.07 Å². The normalized spacial score (nSPS) is 10.9. The lowest BCUT2D eigenvalue weighted by Crippen LogP contribution is -2.08. The smallest absolute Gasteiger partial charge is 0.337 e. The van der Waals surface area contributed by atoms with Crippen LogP contribution in [0.2, 0.25) is 0 Å². The first kappa shape index (κ1) is 21.1. The van der Waals surface area contributed by atoms with Crippen molar-refractivity contribution in [2.24, 2.45) is 0 Å². The number of methoxy groups -OCH3 is 1. The summed E-state index contributed by atoms with van der Waals surface area (Å²) in [5.41, 5.74) is 3.87. The van der Waals surface area contributed by atoms with Gasteiger partial charge in [-0.05, 0) is 54.4 Å². The van der Waals surface area contributed by atoms with Crippen molar-refractivity contribution in [2.75, 3.05) is 13.7 Å². The first-order valence-corrected chi connectivity index (χ1v) is 10.9. The predicted octanol–water partition coefficient (Wildman–Crippen LogP) is 5.65. The number of benzene rings is 3. The number of esters is 1. The van der Waals surface area contributed by atoms with E-state index >= 15 is 0 Å². The highest BCUT2D eigenvalue weighted by atomic mass is 79.9. The molecule has 0 radical (unpaired) electrons. The van der Waals surface area contributed by atoms with Crippen molar-refractivity contribution in [3.63, 3.8) is 0 Å². The lowest BCUT2D eigenvalue weighted by molar-refractivity contribution is 0.0600. The summed E-state index contributed by atoms with van der Waals surface area (Å²) in [5.74, 6) is 1.42. The summed E-state index contributed by atoms with van der Waals surface area (Å²) in [6.45, 7) is 1.35. The minimum Gasteiger partial charge on any atom is -0.494 e. The number of aryl methyl sites for hydroxylation is 1. The van der Waals surface area contributed by atoms with Crippen molar-refractivity contribution in [3.8, 4) is 5.75 Å². The van der Waals surface area contributed by atoms with Gasteiger partial charge in [-0.25, -0.2) is 9.78 Å². The number of imidazole rings is 1. The monoisotopic (exact) mass is 478 g/mol. The third-order valence-electron chi connectivity index (χ3n) is 5.06. The molecule has 0 aliphatic heterocycles. The number of ether oxygens (including phenoxy) is 2. The second kappa shape index (κ2) is 9.79. The van der Waals surface area contributed by atoms with Crippen LogP contribution in [0.4, 0.5) is 0 Å². The van der Waals surface area contributed by atoms with Gasteiger partial charge < -0.3 is 14.0 Å². The molecule has 0 saturated heterocycles. The molecule has 0 bridgehead atoms. The van der Waals surface area contributed by atoms with Gasteiger partial charge in [0.15, 0.2) is 0 Å². The van der Waals surface area contributed by atoms with Crippen LogP contribution in [0.5, 0.6) is 5.75 Å². The van der Waals surface area contributed by atoms with E-state index in [-0.39, 0.29) is 5.97 Å². The summed E-state index contributed by atoms with van der Waals surface area (Å²) >= 11 is 3.54. The molecule has 0 N–H and O–H groups in total. The van der Waals surface area contributed by atoms with Crippen LogP contribution in [0.25, 0.3) is 11.0 Å². The van der Waals surface area contributed by atoms with Crippen molar-refractivity contribution in [1.29, 1.82) is 0 Å². The minimum atomic E-state index is -0.351. The fourth-order valence-electron chi connectivity index (χ4n) is 3.51. The summed E-state index contributed by atoms with van der Waals surface area (Å²) in [7, 11) is 1.37. The molecule has 3 aromatic carbocycles. The summed E-state index contributed by atoms with van der Waals surface area (Å²) in [6.07, 6.45) is 1.64. The minimum absolute atomic E-state index is 0.351. The predicted molar refractivity (Wildman–Crippen MR) is 125 cm³/mol. The van der Waals surface area contributed by atoms with Gasteiger partial charge in [0.1, 0.15) is 11.6 Å². The zero-order valence-electron chi connectivity index (χ0n) is 17.3. The highest BCUT2D eigenvalue weighted by Crippen LogP contribution is 2.23. The Hall–Kier alpha value is -3.12. The number of carbonyl (C=O) groups is 1. The number of nitrogens with zero attached hydrogens (tertiary/aromatic N) is 2. The first-order chi connectivity index (χ1) is 15.1. The Morgan fingerprint density at radius 3 is 2.55 bits per heavy atom. The Balaban J connectivity index is 1.44. The average molecular weight is 479 g/mol. The highest BCUT2D eigenvalue weighted by Gasteiger charge is 2.12. The molecule has 0 amide bonds. The van der Waals surface area contributed by atoms with E-state index in [9.17, 15) is 4.79 Å². The molecule has 0 saturated carbocycles. The largest absolute Gasteiger partial charge is 0.494 e. The number of rotatable bonds is 8. The quantitative estimate of drug-likeness (QED) is 0.242. The molecule has 6 heteroatoms. The molecule has 0 unspecified atom stereocenters. The molecule has 5 nitrogen and oxygen atoms in total. The van der Waals surface area contributed by atoms with Crippen LogP contribution in [0.3, 0.4) is 0 Å². The van der Waals surface area contributed by atoms with Crippen LogP contribution in [-0.2, 0) is 17.7 Å². The van der Waals surface area contributed by atoms with Gasteiger partial charge in [-0.2, -0.15) is 0 Å². The maximum atomic E-state index is 11.5. The maximum Gasteiger partial charge on any atom is 0.337 e. The second-order valence-corrected chi connectivity index (χ2v) is 8.12. The number of carbonyl (C=O) groups excluding carboxylic acids is 1. The Kier molecular flexibility index (Phi) is 6.67. The molecule has 0 atom stereocenters.